The van der Waals surface area contributed by atoms with Crippen LogP contribution < -0.4 is 10.6 Å². The van der Waals surface area contributed by atoms with E-state index in [0.717, 1.165) is 11.1 Å². The van der Waals surface area contributed by atoms with Gasteiger partial charge in [0.2, 0.25) is 11.8 Å². The lowest BCUT2D eigenvalue weighted by atomic mass is 9.92. The average molecular weight is 556 g/mol. The number of nitrogens with zero attached hydrogens (tertiary/aromatic N) is 1. The van der Waals surface area contributed by atoms with Crippen LogP contribution in [0.3, 0.4) is 0 Å². The third-order valence-corrected chi connectivity index (χ3v) is 6.15. The summed E-state index contributed by atoms with van der Waals surface area (Å²) in [7, 11) is 1.22. The van der Waals surface area contributed by atoms with Gasteiger partial charge in [-0.3, -0.25) is 14.4 Å². The van der Waals surface area contributed by atoms with E-state index < -0.39 is 47.6 Å². The van der Waals surface area contributed by atoms with Gasteiger partial charge >= 0.3 is 12.1 Å². The molecule has 0 saturated heterocycles. The minimum atomic E-state index is -1.11. The molecule has 0 fully saturated rings. The highest BCUT2D eigenvalue weighted by molar-refractivity contribution is 5.94. The summed E-state index contributed by atoms with van der Waals surface area (Å²) in [6.45, 7) is 12.0. The van der Waals surface area contributed by atoms with Crippen LogP contribution in [0, 0.1) is 13.8 Å². The van der Waals surface area contributed by atoms with Gasteiger partial charge in [0.15, 0.2) is 0 Å². The summed E-state index contributed by atoms with van der Waals surface area (Å²) < 4.78 is 10.1. The quantitative estimate of drug-likeness (QED) is 0.381. The number of nitrogens with one attached hydrogen (secondary N) is 2. The molecular weight excluding hydrogens is 514 g/mol. The van der Waals surface area contributed by atoms with E-state index in [1.807, 2.05) is 32.0 Å². The minimum absolute atomic E-state index is 0.0629. The van der Waals surface area contributed by atoms with Crippen molar-refractivity contribution >= 4 is 23.9 Å². The van der Waals surface area contributed by atoms with Gasteiger partial charge in [0.25, 0.3) is 0 Å². The molecule has 0 heterocycles. The largest absolute Gasteiger partial charge is 0.508 e. The number of ether oxygens (including phenoxy) is 2. The predicted molar refractivity (Wildman–Crippen MR) is 151 cm³/mol. The first-order chi connectivity index (χ1) is 18.6. The third kappa shape index (κ3) is 9.00. The molecule has 2 unspecified atom stereocenters. The van der Waals surface area contributed by atoms with Gasteiger partial charge in [-0.2, -0.15) is 0 Å². The second-order valence-corrected chi connectivity index (χ2v) is 10.9. The number of aromatic hydroxyl groups is 1. The van der Waals surface area contributed by atoms with Crippen LogP contribution in [0.1, 0.15) is 62.9 Å². The summed E-state index contributed by atoms with van der Waals surface area (Å²) in [4.78, 5) is 54.1. The molecule has 0 spiro atoms. The lowest BCUT2D eigenvalue weighted by molar-refractivity contribution is -0.146. The molecule has 40 heavy (non-hydrogen) atoms. The van der Waals surface area contributed by atoms with Gasteiger partial charge in [-0.15, -0.1) is 0 Å². The maximum atomic E-state index is 14.3. The summed E-state index contributed by atoms with van der Waals surface area (Å²) in [6, 6.07) is 9.13. The monoisotopic (exact) mass is 555 g/mol. The highest BCUT2D eigenvalue weighted by Gasteiger charge is 2.39. The summed E-state index contributed by atoms with van der Waals surface area (Å²) in [5.41, 5.74) is 2.06. The van der Waals surface area contributed by atoms with Gasteiger partial charge in [-0.1, -0.05) is 30.3 Å². The lowest BCUT2D eigenvalue weighted by Crippen LogP contribution is -2.56. The number of carbonyl (C=O) groups excluding carboxylic acids is 4. The molecule has 0 bridgehead atoms. The van der Waals surface area contributed by atoms with Crippen molar-refractivity contribution in [1.29, 1.82) is 0 Å². The van der Waals surface area contributed by atoms with E-state index in [1.54, 1.807) is 46.8 Å². The molecular formula is C30H41N3O7. The number of esters is 1. The molecule has 2 atom stereocenters. The van der Waals surface area contributed by atoms with Gasteiger partial charge in [0.1, 0.15) is 30.0 Å². The topological polar surface area (TPSA) is 134 Å². The molecule has 0 aliphatic heterocycles. The van der Waals surface area contributed by atoms with Crippen LogP contribution >= 0.6 is 0 Å². The average Bonchev–Trinajstić information content (AvgIpc) is 2.85. The summed E-state index contributed by atoms with van der Waals surface area (Å²) in [5.74, 6) is -1.65. The maximum Gasteiger partial charge on any atom is 0.408 e. The SMILES string of the molecule is COC(=O)CNC(=O)C(c1c(C)cccc1C)N(C(=O)C(Cc1ccc(O)cc1)NC(=O)OC(C)(C)C)C(C)C. The fourth-order valence-corrected chi connectivity index (χ4v) is 4.36. The molecule has 10 heteroatoms. The Morgan fingerprint density at radius 1 is 0.975 bits per heavy atom. The molecule has 2 aromatic carbocycles. The van der Waals surface area contributed by atoms with Crippen LogP contribution in [0.15, 0.2) is 42.5 Å². The number of aryl methyl sites for hydroxylation is 2. The first kappa shape index (κ1) is 32.1. The number of carbonyl (C=O) groups is 4. The van der Waals surface area contributed by atoms with Crippen molar-refractivity contribution in [3.8, 4) is 5.75 Å². The first-order valence-electron chi connectivity index (χ1n) is 13.1. The molecule has 0 aromatic heterocycles. The Balaban J connectivity index is 2.60. The summed E-state index contributed by atoms with van der Waals surface area (Å²) >= 11 is 0. The number of methoxy groups -OCH3 is 1. The fourth-order valence-electron chi connectivity index (χ4n) is 4.36. The Hall–Kier alpha value is -4.08. The number of benzene rings is 2. The van der Waals surface area contributed by atoms with Crippen molar-refractivity contribution in [3.63, 3.8) is 0 Å². The number of hydrogen-bond acceptors (Lipinski definition) is 7. The number of hydrogen-bond donors (Lipinski definition) is 3. The molecule has 218 valence electrons. The zero-order valence-electron chi connectivity index (χ0n) is 24.5. The molecule has 0 aliphatic rings. The Labute approximate surface area is 236 Å². The molecule has 0 radical (unpaired) electrons. The van der Waals surface area contributed by atoms with E-state index in [2.05, 4.69) is 15.4 Å². The second kappa shape index (κ2) is 13.8. The van der Waals surface area contributed by atoms with E-state index >= 15 is 0 Å². The standard InChI is InChI=1S/C30H41N3O7/c1-18(2)33(26(27(36)31-17-24(35)39-8)25-19(3)10-9-11-20(25)4)28(37)23(32-29(38)40-30(5,6)7)16-21-12-14-22(34)15-13-21/h9-15,18,23,26,34H,16-17H2,1-8H3,(H,31,36)(H,32,38). The highest BCUT2D eigenvalue weighted by Crippen LogP contribution is 2.30. The van der Waals surface area contributed by atoms with Crippen molar-refractivity contribution in [2.24, 2.45) is 0 Å². The van der Waals surface area contributed by atoms with Gasteiger partial charge in [0, 0.05) is 12.5 Å². The van der Waals surface area contributed by atoms with Gasteiger partial charge < -0.3 is 30.1 Å². The number of rotatable bonds is 10. The Bertz CT molecular complexity index is 1180. The van der Waals surface area contributed by atoms with Gasteiger partial charge in [0.05, 0.1) is 7.11 Å². The Kier molecular flexibility index (Phi) is 11.1. The Morgan fingerprint density at radius 2 is 1.55 bits per heavy atom. The molecule has 0 aliphatic carbocycles. The number of phenols is 1. The second-order valence-electron chi connectivity index (χ2n) is 10.9. The molecule has 0 saturated carbocycles. The zero-order valence-corrected chi connectivity index (χ0v) is 24.5. The van der Waals surface area contributed by atoms with Gasteiger partial charge in [-0.05, 0) is 82.9 Å². The Morgan fingerprint density at radius 3 is 2.05 bits per heavy atom. The summed E-state index contributed by atoms with van der Waals surface area (Å²) in [6.07, 6.45) is -0.711. The van der Waals surface area contributed by atoms with Crippen LogP contribution in [0.5, 0.6) is 5.75 Å². The van der Waals surface area contributed by atoms with Crippen molar-refractivity contribution in [1.82, 2.24) is 15.5 Å². The van der Waals surface area contributed by atoms with E-state index in [9.17, 15) is 24.3 Å². The number of phenolic OH excluding ortho intramolecular Hbond substituents is 1. The minimum Gasteiger partial charge on any atom is -0.508 e. The van der Waals surface area contributed by atoms with Crippen molar-refractivity contribution in [2.75, 3.05) is 13.7 Å². The van der Waals surface area contributed by atoms with Gasteiger partial charge in [-0.25, -0.2) is 4.79 Å². The first-order valence-corrected chi connectivity index (χ1v) is 13.1. The third-order valence-electron chi connectivity index (χ3n) is 6.15. The van der Waals surface area contributed by atoms with Crippen LogP contribution in [-0.2, 0) is 30.3 Å². The number of amides is 3. The zero-order chi connectivity index (χ0) is 30.2. The number of alkyl carbamates (subject to hydrolysis) is 1. The van der Waals surface area contributed by atoms with E-state index in [4.69, 9.17) is 4.74 Å². The van der Waals surface area contributed by atoms with E-state index in [1.165, 1.54) is 24.1 Å². The maximum absolute atomic E-state index is 14.3. The van der Waals surface area contributed by atoms with E-state index in [-0.39, 0.29) is 18.7 Å². The fraction of sp³-hybridized carbons (Fsp3) is 0.467. The van der Waals surface area contributed by atoms with Crippen LogP contribution in [0.4, 0.5) is 4.79 Å². The van der Waals surface area contributed by atoms with Crippen LogP contribution in [0.2, 0.25) is 0 Å². The van der Waals surface area contributed by atoms with Crippen molar-refractivity contribution in [2.45, 2.75) is 78.6 Å². The molecule has 2 rings (SSSR count). The smallest absolute Gasteiger partial charge is 0.408 e. The molecule has 3 amide bonds. The normalized spacial score (nSPS) is 12.7. The summed E-state index contributed by atoms with van der Waals surface area (Å²) in [5, 5.41) is 15.0. The molecule has 2 aromatic rings. The van der Waals surface area contributed by atoms with Crippen LogP contribution in [-0.4, -0.2) is 65.2 Å². The molecule has 3 N–H and O–H groups in total. The highest BCUT2D eigenvalue weighted by atomic mass is 16.6. The van der Waals surface area contributed by atoms with Crippen molar-refractivity contribution in [3.05, 3.63) is 64.7 Å². The van der Waals surface area contributed by atoms with Crippen LogP contribution in [0.25, 0.3) is 0 Å². The predicted octanol–water partition coefficient (Wildman–Crippen LogP) is 3.71. The lowest BCUT2D eigenvalue weighted by Gasteiger charge is -2.38. The molecule has 10 nitrogen and oxygen atoms in total. The van der Waals surface area contributed by atoms with E-state index in [0.29, 0.717) is 11.1 Å². The van der Waals surface area contributed by atoms with Crippen molar-refractivity contribution < 1.29 is 33.8 Å².